The van der Waals surface area contributed by atoms with E-state index in [1.165, 1.54) is 0 Å². The summed E-state index contributed by atoms with van der Waals surface area (Å²) in [5, 5.41) is 9.85. The number of hydrogen-bond acceptors (Lipinski definition) is 3. The molecule has 0 spiro atoms. The second kappa shape index (κ2) is 8.21. The van der Waals surface area contributed by atoms with Gasteiger partial charge in [0, 0.05) is 32.3 Å². The van der Waals surface area contributed by atoms with E-state index in [0.29, 0.717) is 39.0 Å². The molecule has 2 heterocycles. The quantitative estimate of drug-likeness (QED) is 0.798. The van der Waals surface area contributed by atoms with Crippen LogP contribution in [0.15, 0.2) is 66.7 Å². The number of benzene rings is 2. The number of amides is 2. The van der Waals surface area contributed by atoms with Crippen LogP contribution >= 0.6 is 0 Å². The van der Waals surface area contributed by atoms with Gasteiger partial charge in [-0.25, -0.2) is 0 Å². The van der Waals surface area contributed by atoms with Crippen LogP contribution in [0.25, 0.3) is 6.08 Å². The van der Waals surface area contributed by atoms with Gasteiger partial charge in [-0.05, 0) is 30.0 Å². The van der Waals surface area contributed by atoms with Crippen LogP contribution in [0.5, 0.6) is 0 Å². The predicted molar refractivity (Wildman–Crippen MR) is 112 cm³/mol. The fourth-order valence-electron chi connectivity index (χ4n) is 4.25. The van der Waals surface area contributed by atoms with Crippen molar-refractivity contribution in [2.24, 2.45) is 5.41 Å². The van der Waals surface area contributed by atoms with Crippen LogP contribution in [-0.4, -0.2) is 59.0 Å². The van der Waals surface area contributed by atoms with Crippen molar-refractivity contribution in [2.45, 2.75) is 18.9 Å². The Bertz CT molecular complexity index is 889. The summed E-state index contributed by atoms with van der Waals surface area (Å²) in [6, 6.07) is 19.6. The first-order valence-electron chi connectivity index (χ1n) is 10.1. The van der Waals surface area contributed by atoms with E-state index in [1.54, 1.807) is 22.0 Å². The van der Waals surface area contributed by atoms with Crippen LogP contribution in [0.4, 0.5) is 0 Å². The van der Waals surface area contributed by atoms with Crippen molar-refractivity contribution in [2.75, 3.05) is 26.2 Å². The van der Waals surface area contributed by atoms with E-state index in [2.05, 4.69) is 0 Å². The third-order valence-corrected chi connectivity index (χ3v) is 5.81. The molecule has 1 atom stereocenters. The van der Waals surface area contributed by atoms with E-state index in [0.717, 1.165) is 11.1 Å². The summed E-state index contributed by atoms with van der Waals surface area (Å²) in [5.74, 6) is -0.0270. The standard InChI is InChI=1S/C24H26N2O3/c27-21-13-14-25(16-21)23(29)24(15-20-9-5-2-6-10-20)17-26(18-24)22(28)12-11-19-7-3-1-4-8-19/h1-12,21,27H,13-18H2. The first kappa shape index (κ1) is 19.4. The van der Waals surface area contributed by atoms with Gasteiger partial charge in [-0.15, -0.1) is 0 Å². The lowest BCUT2D eigenvalue weighted by Crippen LogP contribution is -2.65. The fraction of sp³-hybridized carbons (Fsp3) is 0.333. The molecule has 2 fully saturated rings. The predicted octanol–water partition coefficient (Wildman–Crippen LogP) is 2.36. The fourth-order valence-corrected chi connectivity index (χ4v) is 4.25. The number of carbonyl (C=O) groups is 2. The van der Waals surface area contributed by atoms with E-state index in [-0.39, 0.29) is 11.8 Å². The molecule has 0 bridgehead atoms. The maximum atomic E-state index is 13.3. The monoisotopic (exact) mass is 390 g/mol. The van der Waals surface area contributed by atoms with Crippen molar-refractivity contribution in [3.05, 3.63) is 77.9 Å². The van der Waals surface area contributed by atoms with Crippen LogP contribution in [0.2, 0.25) is 0 Å². The Balaban J connectivity index is 1.47. The van der Waals surface area contributed by atoms with Crippen molar-refractivity contribution in [1.29, 1.82) is 0 Å². The molecule has 1 unspecified atom stereocenters. The minimum Gasteiger partial charge on any atom is -0.391 e. The summed E-state index contributed by atoms with van der Waals surface area (Å²) in [4.78, 5) is 29.4. The Kier molecular flexibility index (Phi) is 5.49. The van der Waals surface area contributed by atoms with Crippen LogP contribution in [0, 0.1) is 5.41 Å². The van der Waals surface area contributed by atoms with E-state index >= 15 is 0 Å². The minimum absolute atomic E-state index is 0.0500. The molecule has 2 aromatic rings. The summed E-state index contributed by atoms with van der Waals surface area (Å²) in [5.41, 5.74) is 1.45. The third-order valence-electron chi connectivity index (χ3n) is 5.81. The highest BCUT2D eigenvalue weighted by molar-refractivity contribution is 5.95. The molecule has 4 rings (SSSR count). The third kappa shape index (κ3) is 4.25. The number of nitrogens with zero attached hydrogens (tertiary/aromatic N) is 2. The number of aliphatic hydroxyl groups is 1. The number of β-amino-alcohol motifs (C(OH)–C–C–N with tert-alkyl or cyclic N) is 1. The van der Waals surface area contributed by atoms with Crippen molar-refractivity contribution in [1.82, 2.24) is 9.80 Å². The molecular formula is C24H26N2O3. The van der Waals surface area contributed by atoms with Gasteiger partial charge in [0.05, 0.1) is 11.5 Å². The smallest absolute Gasteiger partial charge is 0.246 e. The lowest BCUT2D eigenvalue weighted by atomic mass is 9.73. The van der Waals surface area contributed by atoms with Gasteiger partial charge in [-0.2, -0.15) is 0 Å². The highest BCUT2D eigenvalue weighted by Crippen LogP contribution is 2.37. The summed E-state index contributed by atoms with van der Waals surface area (Å²) in [6.07, 6.45) is 4.16. The van der Waals surface area contributed by atoms with Gasteiger partial charge >= 0.3 is 0 Å². The normalized spacial score (nSPS) is 20.7. The van der Waals surface area contributed by atoms with Gasteiger partial charge in [0.25, 0.3) is 0 Å². The van der Waals surface area contributed by atoms with E-state index < -0.39 is 11.5 Å². The van der Waals surface area contributed by atoms with E-state index in [9.17, 15) is 14.7 Å². The first-order chi connectivity index (χ1) is 14.1. The minimum atomic E-state index is -0.609. The van der Waals surface area contributed by atoms with Gasteiger partial charge in [0.1, 0.15) is 0 Å². The highest BCUT2D eigenvalue weighted by atomic mass is 16.3. The number of carbonyl (C=O) groups excluding carboxylic acids is 2. The van der Waals surface area contributed by atoms with Crippen LogP contribution in [-0.2, 0) is 16.0 Å². The largest absolute Gasteiger partial charge is 0.391 e. The van der Waals surface area contributed by atoms with Gasteiger partial charge in [-0.1, -0.05) is 60.7 Å². The average molecular weight is 390 g/mol. The number of rotatable bonds is 5. The van der Waals surface area contributed by atoms with Gasteiger partial charge in [-0.3, -0.25) is 9.59 Å². The maximum absolute atomic E-state index is 13.3. The summed E-state index contributed by atoms with van der Waals surface area (Å²) in [7, 11) is 0. The van der Waals surface area contributed by atoms with Crippen LogP contribution < -0.4 is 0 Å². The SMILES string of the molecule is O=C(C=Cc1ccccc1)N1CC(Cc2ccccc2)(C(=O)N2CCC(O)C2)C1. The molecule has 2 saturated heterocycles. The molecule has 2 amide bonds. The molecule has 0 aromatic heterocycles. The number of likely N-dealkylation sites (tertiary alicyclic amines) is 2. The Morgan fingerprint density at radius 2 is 1.66 bits per heavy atom. The van der Waals surface area contributed by atoms with Crippen LogP contribution in [0.3, 0.4) is 0 Å². The molecule has 2 aromatic carbocycles. The number of aliphatic hydroxyl groups excluding tert-OH is 1. The molecule has 1 N–H and O–H groups in total. The average Bonchev–Trinajstić information content (AvgIpc) is 3.16. The van der Waals surface area contributed by atoms with Crippen molar-refractivity contribution < 1.29 is 14.7 Å². The highest BCUT2D eigenvalue weighted by Gasteiger charge is 2.52. The molecule has 2 aliphatic heterocycles. The molecular weight excluding hydrogens is 364 g/mol. The Morgan fingerprint density at radius 1 is 1.00 bits per heavy atom. The van der Waals surface area contributed by atoms with E-state index in [1.807, 2.05) is 60.7 Å². The molecule has 5 heteroatoms. The van der Waals surface area contributed by atoms with Crippen molar-refractivity contribution in [3.8, 4) is 0 Å². The lowest BCUT2D eigenvalue weighted by Gasteiger charge is -2.50. The molecule has 2 aliphatic rings. The second-order valence-corrected chi connectivity index (χ2v) is 8.07. The molecule has 5 nitrogen and oxygen atoms in total. The first-order valence-corrected chi connectivity index (χ1v) is 10.1. The Labute approximate surface area is 171 Å². The zero-order valence-corrected chi connectivity index (χ0v) is 16.4. The van der Waals surface area contributed by atoms with Gasteiger partial charge < -0.3 is 14.9 Å². The van der Waals surface area contributed by atoms with Gasteiger partial charge in [0.15, 0.2) is 0 Å². The van der Waals surface area contributed by atoms with Crippen LogP contribution in [0.1, 0.15) is 17.5 Å². The van der Waals surface area contributed by atoms with Crippen molar-refractivity contribution in [3.63, 3.8) is 0 Å². The topological polar surface area (TPSA) is 60.9 Å². The molecule has 29 heavy (non-hydrogen) atoms. The molecule has 0 saturated carbocycles. The lowest BCUT2D eigenvalue weighted by molar-refractivity contribution is -0.158. The van der Waals surface area contributed by atoms with E-state index in [4.69, 9.17) is 0 Å². The molecule has 0 radical (unpaired) electrons. The summed E-state index contributed by atoms with van der Waals surface area (Å²) >= 11 is 0. The summed E-state index contributed by atoms with van der Waals surface area (Å²) in [6.45, 7) is 1.78. The Hall–Kier alpha value is -2.92. The van der Waals surface area contributed by atoms with Crippen molar-refractivity contribution >= 4 is 17.9 Å². The molecule has 150 valence electrons. The Morgan fingerprint density at radius 3 is 2.28 bits per heavy atom. The second-order valence-electron chi connectivity index (χ2n) is 8.07. The zero-order valence-electron chi connectivity index (χ0n) is 16.4. The summed E-state index contributed by atoms with van der Waals surface area (Å²) < 4.78 is 0. The number of hydrogen-bond donors (Lipinski definition) is 1. The van der Waals surface area contributed by atoms with Gasteiger partial charge in [0.2, 0.25) is 11.8 Å². The zero-order chi connectivity index (χ0) is 20.3. The maximum Gasteiger partial charge on any atom is 0.246 e. The molecule has 0 aliphatic carbocycles.